The third-order valence-corrected chi connectivity index (χ3v) is 5.78. The molecule has 3 aromatic rings. The first-order valence-electron chi connectivity index (χ1n) is 7.72. The van der Waals surface area contributed by atoms with Crippen molar-refractivity contribution in [2.75, 3.05) is 11.1 Å². The fraction of sp³-hybridized carbons (Fsp3) is 0.111. The highest BCUT2D eigenvalue weighted by molar-refractivity contribution is 8.01. The van der Waals surface area contributed by atoms with Crippen LogP contribution in [-0.2, 0) is 4.79 Å². The van der Waals surface area contributed by atoms with Gasteiger partial charge in [0.15, 0.2) is 14.1 Å². The van der Waals surface area contributed by atoms with E-state index in [1.165, 1.54) is 30.0 Å². The number of carbonyl (C=O) groups excluding carboxylic acids is 2. The third-order valence-electron chi connectivity index (χ3n) is 3.41. The van der Waals surface area contributed by atoms with E-state index in [2.05, 4.69) is 10.4 Å². The Morgan fingerprint density at radius 2 is 1.96 bits per heavy atom. The minimum absolute atomic E-state index is 0.0401. The standard InChI is InChI=1S/C18H15N3O2S3/c1-12(22)13-6-5-7-14(10-13)19-16(23)11-25-17-20-21(18(24)26-17)15-8-3-2-4-9-15/h2-10H,11H2,1H3,(H,19,23). The Bertz CT molecular complexity index is 996. The summed E-state index contributed by atoms with van der Waals surface area (Å²) in [6.45, 7) is 1.49. The summed E-state index contributed by atoms with van der Waals surface area (Å²) in [6, 6.07) is 16.5. The molecule has 0 bridgehead atoms. The number of amides is 1. The number of nitrogens with one attached hydrogen (secondary N) is 1. The molecule has 0 aliphatic rings. The first-order chi connectivity index (χ1) is 12.5. The maximum atomic E-state index is 12.2. The second-order valence-corrected chi connectivity index (χ2v) is 8.20. The van der Waals surface area contributed by atoms with E-state index in [0.717, 1.165) is 10.0 Å². The number of Topliss-reactive ketones (excluding diaryl/α,β-unsaturated/α-hetero) is 1. The molecule has 2 aromatic carbocycles. The lowest BCUT2D eigenvalue weighted by Crippen LogP contribution is -2.14. The predicted octanol–water partition coefficient (Wildman–Crippen LogP) is 4.60. The van der Waals surface area contributed by atoms with Crippen molar-refractivity contribution in [1.29, 1.82) is 0 Å². The zero-order valence-corrected chi connectivity index (χ0v) is 16.3. The van der Waals surface area contributed by atoms with Crippen molar-refractivity contribution in [1.82, 2.24) is 9.78 Å². The van der Waals surface area contributed by atoms with Crippen LogP contribution in [-0.4, -0.2) is 27.2 Å². The van der Waals surface area contributed by atoms with Crippen molar-refractivity contribution in [3.05, 3.63) is 64.1 Å². The van der Waals surface area contributed by atoms with E-state index in [-0.39, 0.29) is 17.4 Å². The van der Waals surface area contributed by atoms with E-state index in [4.69, 9.17) is 12.2 Å². The van der Waals surface area contributed by atoms with Crippen molar-refractivity contribution < 1.29 is 9.59 Å². The van der Waals surface area contributed by atoms with E-state index in [9.17, 15) is 9.59 Å². The van der Waals surface area contributed by atoms with E-state index in [1.807, 2.05) is 30.3 Å². The summed E-state index contributed by atoms with van der Waals surface area (Å²) in [5.74, 6) is 0.00579. The van der Waals surface area contributed by atoms with Crippen molar-refractivity contribution in [3.8, 4) is 5.69 Å². The van der Waals surface area contributed by atoms with Gasteiger partial charge in [0, 0.05) is 11.3 Å². The van der Waals surface area contributed by atoms with E-state index in [0.29, 0.717) is 15.2 Å². The maximum Gasteiger partial charge on any atom is 0.234 e. The maximum absolute atomic E-state index is 12.2. The first-order valence-corrected chi connectivity index (χ1v) is 9.93. The summed E-state index contributed by atoms with van der Waals surface area (Å²) in [5.41, 5.74) is 2.06. The Morgan fingerprint density at radius 3 is 2.69 bits per heavy atom. The molecule has 0 aliphatic carbocycles. The normalized spacial score (nSPS) is 10.5. The van der Waals surface area contributed by atoms with Gasteiger partial charge in [-0.15, -0.1) is 5.10 Å². The molecule has 1 heterocycles. The van der Waals surface area contributed by atoms with Crippen LogP contribution in [0.1, 0.15) is 17.3 Å². The molecular weight excluding hydrogens is 386 g/mol. The zero-order valence-electron chi connectivity index (χ0n) is 13.8. The van der Waals surface area contributed by atoms with Gasteiger partial charge in [-0.1, -0.05) is 53.4 Å². The van der Waals surface area contributed by atoms with Gasteiger partial charge < -0.3 is 5.32 Å². The quantitative estimate of drug-likeness (QED) is 0.372. The number of anilines is 1. The van der Waals surface area contributed by atoms with Crippen LogP contribution < -0.4 is 5.32 Å². The molecule has 5 nitrogen and oxygen atoms in total. The number of benzene rings is 2. The van der Waals surface area contributed by atoms with E-state index >= 15 is 0 Å². The van der Waals surface area contributed by atoms with Gasteiger partial charge in [0.25, 0.3) is 0 Å². The summed E-state index contributed by atoms with van der Waals surface area (Å²) in [5, 5.41) is 7.26. The van der Waals surface area contributed by atoms with Crippen LogP contribution in [0.5, 0.6) is 0 Å². The molecular formula is C18H15N3O2S3. The SMILES string of the molecule is CC(=O)c1cccc(NC(=O)CSc2nn(-c3ccccc3)c(=S)s2)c1. The summed E-state index contributed by atoms with van der Waals surface area (Å²) < 4.78 is 3.05. The Hall–Kier alpha value is -2.29. The van der Waals surface area contributed by atoms with Gasteiger partial charge in [-0.25, -0.2) is 4.68 Å². The fourth-order valence-electron chi connectivity index (χ4n) is 2.19. The molecule has 26 heavy (non-hydrogen) atoms. The second kappa shape index (κ2) is 8.39. The number of nitrogens with zero attached hydrogens (tertiary/aromatic N) is 2. The van der Waals surface area contributed by atoms with Gasteiger partial charge in [0.2, 0.25) is 5.91 Å². The largest absolute Gasteiger partial charge is 0.325 e. The minimum Gasteiger partial charge on any atom is -0.325 e. The van der Waals surface area contributed by atoms with Crippen molar-refractivity contribution in [3.63, 3.8) is 0 Å². The summed E-state index contributed by atoms with van der Waals surface area (Å²) in [4.78, 5) is 23.6. The molecule has 0 unspecified atom stereocenters. The molecule has 0 atom stereocenters. The number of aromatic nitrogens is 2. The smallest absolute Gasteiger partial charge is 0.234 e. The molecule has 0 saturated carbocycles. The van der Waals surface area contributed by atoms with Gasteiger partial charge in [-0.05, 0) is 43.4 Å². The number of hydrogen-bond acceptors (Lipinski definition) is 6. The van der Waals surface area contributed by atoms with Gasteiger partial charge in [-0.3, -0.25) is 9.59 Å². The van der Waals surface area contributed by atoms with Crippen LogP contribution in [0.25, 0.3) is 5.69 Å². The van der Waals surface area contributed by atoms with Crippen molar-refractivity contribution >= 4 is 52.7 Å². The number of para-hydroxylation sites is 1. The lowest BCUT2D eigenvalue weighted by Gasteiger charge is -2.05. The van der Waals surface area contributed by atoms with Gasteiger partial charge in [0.1, 0.15) is 0 Å². The number of ketones is 1. The summed E-state index contributed by atoms with van der Waals surface area (Å²) in [7, 11) is 0. The van der Waals surface area contributed by atoms with Crippen LogP contribution in [0, 0.1) is 3.95 Å². The fourth-order valence-corrected chi connectivity index (χ4v) is 4.35. The Kier molecular flexibility index (Phi) is 5.97. The van der Waals surface area contributed by atoms with Gasteiger partial charge in [0.05, 0.1) is 11.4 Å². The Morgan fingerprint density at radius 1 is 1.19 bits per heavy atom. The predicted molar refractivity (Wildman–Crippen MR) is 108 cm³/mol. The third kappa shape index (κ3) is 4.66. The van der Waals surface area contributed by atoms with Crippen LogP contribution in [0.2, 0.25) is 0 Å². The number of thioether (sulfide) groups is 1. The number of hydrogen-bond donors (Lipinski definition) is 1. The highest BCUT2D eigenvalue weighted by Crippen LogP contribution is 2.24. The second-order valence-electron chi connectivity index (χ2n) is 5.36. The molecule has 1 N–H and O–H groups in total. The highest BCUT2D eigenvalue weighted by atomic mass is 32.2. The van der Waals surface area contributed by atoms with Crippen molar-refractivity contribution in [2.24, 2.45) is 0 Å². The van der Waals surface area contributed by atoms with E-state index < -0.39 is 0 Å². The molecule has 0 fully saturated rings. The van der Waals surface area contributed by atoms with Crippen LogP contribution in [0.15, 0.2) is 58.9 Å². The molecule has 1 aromatic heterocycles. The number of carbonyl (C=O) groups is 2. The van der Waals surface area contributed by atoms with E-state index in [1.54, 1.807) is 28.9 Å². The van der Waals surface area contributed by atoms with Crippen LogP contribution in [0.4, 0.5) is 5.69 Å². The van der Waals surface area contributed by atoms with Gasteiger partial charge in [-0.2, -0.15) is 0 Å². The zero-order chi connectivity index (χ0) is 18.5. The first kappa shape index (κ1) is 18.5. The summed E-state index contributed by atoms with van der Waals surface area (Å²) >= 11 is 8.05. The molecule has 1 amide bonds. The van der Waals surface area contributed by atoms with Crippen molar-refractivity contribution in [2.45, 2.75) is 11.3 Å². The molecule has 0 radical (unpaired) electrons. The summed E-state index contributed by atoms with van der Waals surface area (Å²) in [6.07, 6.45) is 0. The molecule has 132 valence electrons. The number of rotatable bonds is 6. The van der Waals surface area contributed by atoms with Crippen LogP contribution >= 0.6 is 35.3 Å². The monoisotopic (exact) mass is 401 g/mol. The average molecular weight is 402 g/mol. The lowest BCUT2D eigenvalue weighted by molar-refractivity contribution is -0.113. The molecule has 0 aliphatic heterocycles. The molecule has 0 spiro atoms. The molecule has 0 saturated heterocycles. The Labute approximate surface area is 164 Å². The highest BCUT2D eigenvalue weighted by Gasteiger charge is 2.10. The topological polar surface area (TPSA) is 64.0 Å². The Balaban J connectivity index is 1.63. The minimum atomic E-state index is -0.164. The molecule has 3 rings (SSSR count). The molecule has 8 heteroatoms. The van der Waals surface area contributed by atoms with Crippen LogP contribution in [0.3, 0.4) is 0 Å². The lowest BCUT2D eigenvalue weighted by atomic mass is 10.1. The van der Waals surface area contributed by atoms with Gasteiger partial charge >= 0.3 is 0 Å². The average Bonchev–Trinajstić information content (AvgIpc) is 3.02.